The van der Waals surface area contributed by atoms with Crippen LogP contribution < -0.4 is 0 Å². The normalized spacial score (nSPS) is 11.8. The van der Waals surface area contributed by atoms with E-state index in [-0.39, 0.29) is 0 Å². The van der Waals surface area contributed by atoms with Gasteiger partial charge >= 0.3 is 0 Å². The molecule has 0 radical (unpaired) electrons. The molecule has 12 rings (SSSR count). The highest BCUT2D eigenvalue weighted by Crippen LogP contribution is 2.40. The summed E-state index contributed by atoms with van der Waals surface area (Å²) in [5.74, 6) is 1.50. The summed E-state index contributed by atoms with van der Waals surface area (Å²) in [6, 6.07) is 73.8. The molecule has 270 valence electrons. The van der Waals surface area contributed by atoms with Gasteiger partial charge in [-0.05, 0) is 58.0 Å². The molecule has 0 aliphatic carbocycles. The number of benzene rings is 8. The van der Waals surface area contributed by atoms with Gasteiger partial charge in [0.25, 0.3) is 0 Å². The summed E-state index contributed by atoms with van der Waals surface area (Å²) in [5.41, 5.74) is 13.3. The van der Waals surface area contributed by atoms with E-state index < -0.39 is 0 Å². The number of nitrogens with zero attached hydrogens (tertiary/aromatic N) is 4. The Morgan fingerprint density at radius 2 is 0.793 bits per heavy atom. The number of pyridine rings is 1. The monoisotopic (exact) mass is 738 g/mol. The fourth-order valence-corrected chi connectivity index (χ4v) is 8.95. The topological polar surface area (TPSA) is 35.1 Å². The summed E-state index contributed by atoms with van der Waals surface area (Å²) in [6.07, 6.45) is 0. The third kappa shape index (κ3) is 5.09. The maximum atomic E-state index is 5.41. The van der Waals surface area contributed by atoms with Gasteiger partial charge in [-0.2, -0.15) is 0 Å². The lowest BCUT2D eigenvalue weighted by Gasteiger charge is -2.13. The van der Waals surface area contributed by atoms with Crippen molar-refractivity contribution in [3.63, 3.8) is 0 Å². The van der Waals surface area contributed by atoms with Crippen molar-refractivity contribution in [1.29, 1.82) is 0 Å². The molecule has 0 bridgehead atoms. The van der Waals surface area contributed by atoms with E-state index in [9.17, 15) is 0 Å². The van der Waals surface area contributed by atoms with Crippen LogP contribution in [-0.4, -0.2) is 18.9 Å². The second-order valence-corrected chi connectivity index (χ2v) is 15.0. The molecule has 0 unspecified atom stereocenters. The van der Waals surface area contributed by atoms with Gasteiger partial charge in [0.15, 0.2) is 5.82 Å². The Kier molecular flexibility index (Phi) is 7.20. The third-order valence-corrected chi connectivity index (χ3v) is 11.7. The summed E-state index contributed by atoms with van der Waals surface area (Å²) in [7, 11) is 0. The first-order chi connectivity index (χ1) is 28.7. The molecule has 4 aromatic heterocycles. The molecule has 0 atom stereocenters. The molecule has 0 aliphatic rings. The Bertz CT molecular complexity index is 3420. The van der Waals surface area contributed by atoms with Gasteiger partial charge in [0.1, 0.15) is 5.82 Å². The smallest absolute Gasteiger partial charge is 0.162 e. The summed E-state index contributed by atoms with van der Waals surface area (Å²) in [4.78, 5) is 10.7. The lowest BCUT2D eigenvalue weighted by atomic mass is 10.0. The van der Waals surface area contributed by atoms with Crippen molar-refractivity contribution in [3.8, 4) is 50.7 Å². The van der Waals surface area contributed by atoms with E-state index in [0.29, 0.717) is 5.82 Å². The van der Waals surface area contributed by atoms with Gasteiger partial charge in [0.05, 0.1) is 33.3 Å². The zero-order valence-electron chi connectivity index (χ0n) is 31.4. The van der Waals surface area contributed by atoms with Gasteiger partial charge in [0.2, 0.25) is 0 Å². The van der Waals surface area contributed by atoms with Crippen molar-refractivity contribution >= 4 is 59.9 Å². The van der Waals surface area contributed by atoms with Crippen LogP contribution in [0.15, 0.2) is 206 Å². The molecule has 58 heavy (non-hydrogen) atoms. The molecule has 4 heterocycles. The van der Waals surface area contributed by atoms with E-state index in [4.69, 9.17) is 9.97 Å². The maximum Gasteiger partial charge on any atom is 0.162 e. The van der Waals surface area contributed by atoms with Crippen molar-refractivity contribution in [1.82, 2.24) is 18.9 Å². The van der Waals surface area contributed by atoms with Crippen LogP contribution in [0.25, 0.3) is 111 Å². The minimum absolute atomic E-state index is 0.678. The molecule has 0 saturated carbocycles. The van der Waals surface area contributed by atoms with Gasteiger partial charge in [-0.15, -0.1) is 0 Å². The largest absolute Gasteiger partial charge is 0.309 e. The molecular weight excluding hydrogens is 705 g/mol. The Morgan fingerprint density at radius 3 is 1.45 bits per heavy atom. The van der Waals surface area contributed by atoms with E-state index in [2.05, 4.69) is 209 Å². The van der Waals surface area contributed by atoms with Crippen LogP contribution in [0.4, 0.5) is 0 Å². The zero-order valence-corrected chi connectivity index (χ0v) is 31.4. The molecule has 0 amide bonds. The predicted molar refractivity (Wildman–Crippen MR) is 242 cm³/mol. The van der Waals surface area contributed by atoms with Crippen molar-refractivity contribution < 1.29 is 0 Å². The van der Waals surface area contributed by atoms with Crippen LogP contribution in [0.2, 0.25) is 0 Å². The molecule has 0 saturated heterocycles. The lowest BCUT2D eigenvalue weighted by Crippen LogP contribution is -2.02. The molecular formula is C54H34N4. The molecule has 0 aliphatic heterocycles. The Labute approximate surface area is 334 Å². The Balaban J connectivity index is 1.11. The van der Waals surface area contributed by atoms with Crippen molar-refractivity contribution in [2.24, 2.45) is 0 Å². The SMILES string of the molecule is c1ccc(-c2ccc(-c3cc(-n4c5ccccc5c5cc6cc7c8ccccc8c8ccccc8n7c6cc54)nc(-c4ccc(-c5ccccc5)cc4)n3)cc2)cc1. The second kappa shape index (κ2) is 12.9. The van der Waals surface area contributed by atoms with Crippen LogP contribution in [-0.2, 0) is 0 Å². The number of para-hydroxylation sites is 2. The van der Waals surface area contributed by atoms with E-state index in [1.54, 1.807) is 0 Å². The highest BCUT2D eigenvalue weighted by atomic mass is 15.1. The number of aromatic nitrogens is 4. The van der Waals surface area contributed by atoms with Gasteiger partial charge < -0.3 is 4.40 Å². The van der Waals surface area contributed by atoms with E-state index in [0.717, 1.165) is 44.8 Å². The molecule has 4 heteroatoms. The lowest BCUT2D eigenvalue weighted by molar-refractivity contribution is 1.05. The van der Waals surface area contributed by atoms with Gasteiger partial charge in [-0.3, -0.25) is 4.57 Å². The number of hydrogen-bond donors (Lipinski definition) is 0. The number of fused-ring (bicyclic) bond motifs is 11. The highest BCUT2D eigenvalue weighted by molar-refractivity contribution is 6.19. The fraction of sp³-hybridized carbons (Fsp3) is 0. The van der Waals surface area contributed by atoms with E-state index >= 15 is 0 Å². The summed E-state index contributed by atoms with van der Waals surface area (Å²) < 4.78 is 4.77. The van der Waals surface area contributed by atoms with Gasteiger partial charge in [0, 0.05) is 44.1 Å². The Morgan fingerprint density at radius 1 is 0.293 bits per heavy atom. The first-order valence-electron chi connectivity index (χ1n) is 19.7. The molecule has 4 nitrogen and oxygen atoms in total. The van der Waals surface area contributed by atoms with E-state index in [1.807, 2.05) is 6.07 Å². The van der Waals surface area contributed by atoms with E-state index in [1.165, 1.54) is 60.0 Å². The highest BCUT2D eigenvalue weighted by Gasteiger charge is 2.20. The maximum absolute atomic E-state index is 5.41. The number of rotatable bonds is 5. The standard InChI is InChI=1S/C54H34N4/c1-3-13-35(14-4-1)37-23-27-39(28-24-37)47-33-53(56-54(55-47)40-29-25-38(26-30-40)36-15-5-2-6-16-36)58-49-22-12-10-20-45(49)46-31-41-32-51-44-19-8-7-17-42(44)43-18-9-11-21-48(43)57(51)50(41)34-52(46)58/h1-34H. The molecule has 0 fully saturated rings. The summed E-state index contributed by atoms with van der Waals surface area (Å²) in [6.45, 7) is 0. The third-order valence-electron chi connectivity index (χ3n) is 11.7. The quantitative estimate of drug-likeness (QED) is 0.165. The molecule has 8 aromatic carbocycles. The van der Waals surface area contributed by atoms with Crippen molar-refractivity contribution in [2.75, 3.05) is 0 Å². The van der Waals surface area contributed by atoms with Crippen molar-refractivity contribution in [3.05, 3.63) is 206 Å². The second-order valence-electron chi connectivity index (χ2n) is 15.0. The summed E-state index contributed by atoms with van der Waals surface area (Å²) >= 11 is 0. The zero-order chi connectivity index (χ0) is 38.2. The summed E-state index contributed by atoms with van der Waals surface area (Å²) in [5, 5.41) is 7.33. The van der Waals surface area contributed by atoms with Crippen LogP contribution in [0.5, 0.6) is 0 Å². The minimum Gasteiger partial charge on any atom is -0.309 e. The minimum atomic E-state index is 0.678. The molecule has 0 spiro atoms. The predicted octanol–water partition coefficient (Wildman–Crippen LogP) is 14.0. The molecule has 0 N–H and O–H groups in total. The van der Waals surface area contributed by atoms with Gasteiger partial charge in [-0.25, -0.2) is 9.97 Å². The van der Waals surface area contributed by atoms with Crippen molar-refractivity contribution in [2.45, 2.75) is 0 Å². The number of hydrogen-bond acceptors (Lipinski definition) is 2. The van der Waals surface area contributed by atoms with Crippen LogP contribution in [0.3, 0.4) is 0 Å². The van der Waals surface area contributed by atoms with Crippen LogP contribution >= 0.6 is 0 Å². The van der Waals surface area contributed by atoms with Gasteiger partial charge in [-0.1, -0.05) is 170 Å². The Hall–Kier alpha value is -7.82. The first kappa shape index (κ1) is 32.4. The average molecular weight is 739 g/mol. The first-order valence-corrected chi connectivity index (χ1v) is 19.7. The fourth-order valence-electron chi connectivity index (χ4n) is 8.95. The average Bonchev–Trinajstić information content (AvgIpc) is 3.84. The molecule has 12 aromatic rings. The van der Waals surface area contributed by atoms with Crippen LogP contribution in [0, 0.1) is 0 Å². The van der Waals surface area contributed by atoms with Crippen LogP contribution in [0.1, 0.15) is 0 Å².